The van der Waals surface area contributed by atoms with E-state index >= 15 is 0 Å². The van der Waals surface area contributed by atoms with Crippen LogP contribution < -0.4 is 0 Å². The van der Waals surface area contributed by atoms with Crippen molar-refractivity contribution >= 4 is 5.78 Å². The molecular formula is C13H18N2O2. The van der Waals surface area contributed by atoms with Crippen LogP contribution in [0.2, 0.25) is 0 Å². The molecule has 0 N–H and O–H groups in total. The summed E-state index contributed by atoms with van der Waals surface area (Å²) in [6.45, 7) is 2.21. The molecule has 0 spiro atoms. The Bertz CT molecular complexity index is 384. The Balaban J connectivity index is 2.21. The maximum absolute atomic E-state index is 12.4. The van der Waals surface area contributed by atoms with E-state index in [9.17, 15) is 4.79 Å². The van der Waals surface area contributed by atoms with Crippen molar-refractivity contribution in [2.75, 3.05) is 7.11 Å². The molecule has 0 amide bonds. The maximum atomic E-state index is 12.4. The van der Waals surface area contributed by atoms with Gasteiger partial charge in [-0.05, 0) is 31.6 Å². The lowest BCUT2D eigenvalue weighted by Gasteiger charge is -2.36. The highest BCUT2D eigenvalue weighted by molar-refractivity contribution is 6.00. The Kier molecular flexibility index (Phi) is 3.52. The number of methoxy groups -OCH3 is 1. The molecule has 0 aliphatic heterocycles. The van der Waals surface area contributed by atoms with Crippen LogP contribution in [0.5, 0.6) is 0 Å². The number of aromatic nitrogens is 2. The minimum absolute atomic E-state index is 0.0278. The Morgan fingerprint density at radius 2 is 2.12 bits per heavy atom. The average Bonchev–Trinajstić information content (AvgIpc) is 2.40. The molecule has 1 aliphatic rings. The number of ether oxygens (including phenoxy) is 1. The van der Waals surface area contributed by atoms with Crippen LogP contribution in [0.4, 0.5) is 0 Å². The van der Waals surface area contributed by atoms with Gasteiger partial charge < -0.3 is 4.74 Å². The zero-order chi connectivity index (χ0) is 12.3. The first-order valence-corrected chi connectivity index (χ1v) is 6.04. The van der Waals surface area contributed by atoms with Gasteiger partial charge in [0.1, 0.15) is 11.3 Å². The summed E-state index contributed by atoms with van der Waals surface area (Å²) in [6.07, 6.45) is 8.24. The van der Waals surface area contributed by atoms with Gasteiger partial charge in [-0.3, -0.25) is 9.78 Å². The summed E-state index contributed by atoms with van der Waals surface area (Å²) < 4.78 is 5.53. The molecule has 1 saturated carbocycles. The number of rotatable bonds is 3. The maximum Gasteiger partial charge on any atom is 0.214 e. The fourth-order valence-electron chi connectivity index (χ4n) is 2.40. The molecule has 0 radical (unpaired) electrons. The van der Waals surface area contributed by atoms with Crippen LogP contribution in [0.3, 0.4) is 0 Å². The number of carbonyl (C=O) groups excluding carboxylic acids is 1. The first-order valence-electron chi connectivity index (χ1n) is 6.04. The van der Waals surface area contributed by atoms with Gasteiger partial charge in [0, 0.05) is 19.5 Å². The monoisotopic (exact) mass is 234 g/mol. The molecule has 0 bridgehead atoms. The molecule has 1 heterocycles. The molecule has 0 atom stereocenters. The summed E-state index contributed by atoms with van der Waals surface area (Å²) in [5.41, 5.74) is -0.272. The standard InChI is InChI=1S/C13H18N2O2/c1-10-3-5-13(17-2,6-4-10)12(16)11-9-14-7-8-15-11/h7-10H,3-6H2,1-2H3. The highest BCUT2D eigenvalue weighted by Crippen LogP contribution is 2.36. The predicted molar refractivity (Wildman–Crippen MR) is 63.7 cm³/mol. The van der Waals surface area contributed by atoms with E-state index in [1.807, 2.05) is 0 Å². The number of nitrogens with zero attached hydrogens (tertiary/aromatic N) is 2. The summed E-state index contributed by atoms with van der Waals surface area (Å²) in [5, 5.41) is 0. The lowest BCUT2D eigenvalue weighted by Crippen LogP contribution is -2.44. The number of carbonyl (C=O) groups is 1. The van der Waals surface area contributed by atoms with Crippen molar-refractivity contribution < 1.29 is 9.53 Å². The van der Waals surface area contributed by atoms with E-state index < -0.39 is 5.60 Å². The summed E-state index contributed by atoms with van der Waals surface area (Å²) in [4.78, 5) is 20.4. The fraction of sp³-hybridized carbons (Fsp3) is 0.615. The molecular weight excluding hydrogens is 216 g/mol. The van der Waals surface area contributed by atoms with Gasteiger partial charge in [-0.1, -0.05) is 6.92 Å². The molecule has 92 valence electrons. The Hall–Kier alpha value is -1.29. The largest absolute Gasteiger partial charge is 0.370 e. The fourth-order valence-corrected chi connectivity index (χ4v) is 2.40. The SMILES string of the molecule is COC1(C(=O)c2cnccn2)CCC(C)CC1. The molecule has 1 aromatic heterocycles. The van der Waals surface area contributed by atoms with Crippen molar-refractivity contribution in [1.82, 2.24) is 9.97 Å². The zero-order valence-corrected chi connectivity index (χ0v) is 10.3. The van der Waals surface area contributed by atoms with E-state index in [1.165, 1.54) is 6.20 Å². The number of hydrogen-bond donors (Lipinski definition) is 0. The molecule has 0 aromatic carbocycles. The van der Waals surface area contributed by atoms with Crippen molar-refractivity contribution in [3.05, 3.63) is 24.3 Å². The van der Waals surface area contributed by atoms with Crippen molar-refractivity contribution in [3.8, 4) is 0 Å². The van der Waals surface area contributed by atoms with E-state index in [4.69, 9.17) is 4.74 Å². The molecule has 4 heteroatoms. The van der Waals surface area contributed by atoms with E-state index in [2.05, 4.69) is 16.9 Å². The van der Waals surface area contributed by atoms with Crippen molar-refractivity contribution in [3.63, 3.8) is 0 Å². The van der Waals surface area contributed by atoms with E-state index in [0.29, 0.717) is 11.6 Å². The lowest BCUT2D eigenvalue weighted by atomic mass is 9.76. The van der Waals surface area contributed by atoms with E-state index in [1.54, 1.807) is 19.5 Å². The minimum Gasteiger partial charge on any atom is -0.370 e. The van der Waals surface area contributed by atoms with Gasteiger partial charge in [0.05, 0.1) is 6.20 Å². The first-order chi connectivity index (χ1) is 8.18. The third kappa shape index (κ3) is 2.36. The van der Waals surface area contributed by atoms with Crippen LogP contribution in [0.1, 0.15) is 43.1 Å². The number of hydrogen-bond acceptors (Lipinski definition) is 4. The highest BCUT2D eigenvalue weighted by atomic mass is 16.5. The quantitative estimate of drug-likeness (QED) is 0.753. The molecule has 2 rings (SSSR count). The van der Waals surface area contributed by atoms with Crippen LogP contribution in [0.25, 0.3) is 0 Å². The van der Waals surface area contributed by atoms with Gasteiger partial charge in [-0.25, -0.2) is 4.98 Å². The van der Waals surface area contributed by atoms with Crippen LogP contribution in [-0.2, 0) is 4.74 Å². The van der Waals surface area contributed by atoms with Gasteiger partial charge >= 0.3 is 0 Å². The first kappa shape index (κ1) is 12.2. The second-order valence-corrected chi connectivity index (χ2v) is 4.80. The molecule has 1 fully saturated rings. The second kappa shape index (κ2) is 4.92. The van der Waals surface area contributed by atoms with Gasteiger partial charge in [-0.15, -0.1) is 0 Å². The smallest absolute Gasteiger partial charge is 0.214 e. The molecule has 0 unspecified atom stereocenters. The summed E-state index contributed by atoms with van der Waals surface area (Å²) >= 11 is 0. The van der Waals surface area contributed by atoms with Crippen molar-refractivity contribution in [1.29, 1.82) is 0 Å². The van der Waals surface area contributed by atoms with Gasteiger partial charge in [0.25, 0.3) is 0 Å². The van der Waals surface area contributed by atoms with Gasteiger partial charge in [0.15, 0.2) is 0 Å². The third-order valence-corrected chi connectivity index (χ3v) is 3.68. The van der Waals surface area contributed by atoms with Crippen molar-refractivity contribution in [2.45, 2.75) is 38.2 Å². The third-order valence-electron chi connectivity index (χ3n) is 3.68. The summed E-state index contributed by atoms with van der Waals surface area (Å²) in [6, 6.07) is 0. The number of ketones is 1. The topological polar surface area (TPSA) is 52.1 Å². The molecule has 1 aliphatic carbocycles. The molecule has 0 saturated heterocycles. The van der Waals surface area contributed by atoms with Crippen LogP contribution >= 0.6 is 0 Å². The van der Waals surface area contributed by atoms with Crippen LogP contribution in [-0.4, -0.2) is 28.5 Å². The Labute approximate surface area is 101 Å². The predicted octanol–water partition coefficient (Wildman–Crippen LogP) is 2.25. The van der Waals surface area contributed by atoms with E-state index in [0.717, 1.165) is 25.7 Å². The Morgan fingerprint density at radius 1 is 1.41 bits per heavy atom. The zero-order valence-electron chi connectivity index (χ0n) is 10.3. The van der Waals surface area contributed by atoms with Gasteiger partial charge in [-0.2, -0.15) is 0 Å². The van der Waals surface area contributed by atoms with Crippen LogP contribution in [0.15, 0.2) is 18.6 Å². The highest BCUT2D eigenvalue weighted by Gasteiger charge is 2.42. The van der Waals surface area contributed by atoms with Gasteiger partial charge in [0.2, 0.25) is 5.78 Å². The normalized spacial score (nSPS) is 28.9. The summed E-state index contributed by atoms with van der Waals surface area (Å²) in [5.74, 6) is 0.646. The summed E-state index contributed by atoms with van der Waals surface area (Å²) in [7, 11) is 1.62. The Morgan fingerprint density at radius 3 is 2.65 bits per heavy atom. The second-order valence-electron chi connectivity index (χ2n) is 4.80. The molecule has 17 heavy (non-hydrogen) atoms. The number of Topliss-reactive ketones (excluding diaryl/α,β-unsaturated/α-hetero) is 1. The van der Waals surface area contributed by atoms with Crippen molar-refractivity contribution in [2.24, 2.45) is 5.92 Å². The molecule has 4 nitrogen and oxygen atoms in total. The van der Waals surface area contributed by atoms with E-state index in [-0.39, 0.29) is 5.78 Å². The minimum atomic E-state index is -0.678. The average molecular weight is 234 g/mol. The lowest BCUT2D eigenvalue weighted by molar-refractivity contribution is -0.0266. The molecule has 1 aromatic rings. The van der Waals surface area contributed by atoms with Crippen LogP contribution in [0, 0.1) is 5.92 Å².